The summed E-state index contributed by atoms with van der Waals surface area (Å²) in [7, 11) is 1.30. The Hall–Kier alpha value is -3.94. The van der Waals surface area contributed by atoms with Crippen molar-refractivity contribution in [3.8, 4) is 5.75 Å². The molecule has 8 nitrogen and oxygen atoms in total. The Bertz CT molecular complexity index is 988. The zero-order chi connectivity index (χ0) is 20.6. The van der Waals surface area contributed by atoms with E-state index in [0.717, 1.165) is 11.4 Å². The quantitative estimate of drug-likeness (QED) is 0.592. The van der Waals surface area contributed by atoms with E-state index in [4.69, 9.17) is 4.74 Å². The van der Waals surface area contributed by atoms with Gasteiger partial charge in [0.05, 0.1) is 31.7 Å². The molecule has 0 fully saturated rings. The van der Waals surface area contributed by atoms with Crippen LogP contribution in [0, 0.1) is 0 Å². The van der Waals surface area contributed by atoms with Gasteiger partial charge < -0.3 is 20.1 Å². The van der Waals surface area contributed by atoms with E-state index < -0.39 is 11.9 Å². The van der Waals surface area contributed by atoms with E-state index in [9.17, 15) is 9.59 Å². The molecule has 0 atom stereocenters. The predicted octanol–water partition coefficient (Wildman–Crippen LogP) is 3.66. The van der Waals surface area contributed by atoms with Gasteiger partial charge in [0, 0.05) is 11.4 Å². The number of benzene rings is 2. The summed E-state index contributed by atoms with van der Waals surface area (Å²) in [5.74, 6) is 0.364. The Morgan fingerprint density at radius 2 is 1.79 bits per heavy atom. The highest BCUT2D eigenvalue weighted by atomic mass is 16.5. The third kappa shape index (κ3) is 5.29. The van der Waals surface area contributed by atoms with E-state index in [0.29, 0.717) is 23.7 Å². The molecule has 0 spiro atoms. The minimum atomic E-state index is -0.481. The number of carbonyl (C=O) groups excluding carboxylic acids is 2. The summed E-state index contributed by atoms with van der Waals surface area (Å²) in [4.78, 5) is 32.3. The van der Waals surface area contributed by atoms with Crippen molar-refractivity contribution in [2.24, 2.45) is 0 Å². The molecule has 0 saturated carbocycles. The van der Waals surface area contributed by atoms with Gasteiger partial charge in [-0.25, -0.2) is 14.8 Å². The molecule has 148 valence electrons. The van der Waals surface area contributed by atoms with Crippen LogP contribution in [0.25, 0.3) is 0 Å². The van der Waals surface area contributed by atoms with Gasteiger partial charge in [-0.05, 0) is 49.4 Å². The fraction of sp³-hybridized carbons (Fsp3) is 0.143. The molecule has 2 aromatic carbocycles. The molecule has 0 saturated heterocycles. The second-order valence-corrected chi connectivity index (χ2v) is 5.90. The molecule has 0 radical (unpaired) electrons. The van der Waals surface area contributed by atoms with Gasteiger partial charge in [0.25, 0.3) is 5.91 Å². The lowest BCUT2D eigenvalue weighted by atomic mass is 10.2. The molecule has 1 heterocycles. The van der Waals surface area contributed by atoms with Gasteiger partial charge in [-0.1, -0.05) is 6.07 Å². The SMILES string of the molecule is CCOc1ccc(Nc2cnc(C(=O)Nc3cccc(C(=O)OC)c3)cn2)cc1. The minimum absolute atomic E-state index is 0.144. The third-order valence-corrected chi connectivity index (χ3v) is 3.86. The maximum absolute atomic E-state index is 12.4. The van der Waals surface area contributed by atoms with Gasteiger partial charge in [0.2, 0.25) is 0 Å². The van der Waals surface area contributed by atoms with Crippen LogP contribution >= 0.6 is 0 Å². The van der Waals surface area contributed by atoms with Gasteiger partial charge in [-0.2, -0.15) is 0 Å². The maximum atomic E-state index is 12.4. The number of amides is 1. The van der Waals surface area contributed by atoms with Crippen molar-refractivity contribution in [3.63, 3.8) is 0 Å². The third-order valence-electron chi connectivity index (χ3n) is 3.86. The van der Waals surface area contributed by atoms with Gasteiger partial charge in [0.1, 0.15) is 17.3 Å². The number of hydrogen-bond donors (Lipinski definition) is 2. The number of ether oxygens (including phenoxy) is 2. The van der Waals surface area contributed by atoms with Crippen LogP contribution in [-0.2, 0) is 4.74 Å². The lowest BCUT2D eigenvalue weighted by Gasteiger charge is -2.08. The number of nitrogens with zero attached hydrogens (tertiary/aromatic N) is 2. The first-order chi connectivity index (χ1) is 14.1. The molecule has 0 aliphatic carbocycles. The first-order valence-electron chi connectivity index (χ1n) is 8.90. The summed E-state index contributed by atoms with van der Waals surface area (Å²) in [6, 6.07) is 13.9. The topological polar surface area (TPSA) is 102 Å². The molecule has 0 unspecified atom stereocenters. The molecule has 3 rings (SSSR count). The average molecular weight is 392 g/mol. The summed E-state index contributed by atoms with van der Waals surface area (Å²) in [5.41, 5.74) is 1.76. The van der Waals surface area contributed by atoms with Gasteiger partial charge in [0.15, 0.2) is 0 Å². The van der Waals surface area contributed by atoms with Crippen molar-refractivity contribution in [3.05, 3.63) is 72.2 Å². The number of nitrogens with one attached hydrogen (secondary N) is 2. The number of carbonyl (C=O) groups is 2. The highest BCUT2D eigenvalue weighted by Gasteiger charge is 2.11. The Labute approximate surface area is 167 Å². The van der Waals surface area contributed by atoms with Crippen LogP contribution in [0.15, 0.2) is 60.9 Å². The van der Waals surface area contributed by atoms with Crippen LogP contribution in [0.2, 0.25) is 0 Å². The van der Waals surface area contributed by atoms with Crippen molar-refractivity contribution < 1.29 is 19.1 Å². The van der Waals surface area contributed by atoms with Crippen LogP contribution in [-0.4, -0.2) is 35.6 Å². The Morgan fingerprint density at radius 1 is 1.00 bits per heavy atom. The molecule has 29 heavy (non-hydrogen) atoms. The predicted molar refractivity (Wildman–Crippen MR) is 109 cm³/mol. The minimum Gasteiger partial charge on any atom is -0.494 e. The molecular weight excluding hydrogens is 372 g/mol. The number of aromatic nitrogens is 2. The smallest absolute Gasteiger partial charge is 0.337 e. The lowest BCUT2D eigenvalue weighted by molar-refractivity contribution is 0.0600. The Balaban J connectivity index is 1.63. The summed E-state index contributed by atoms with van der Waals surface area (Å²) < 4.78 is 10.1. The highest BCUT2D eigenvalue weighted by Crippen LogP contribution is 2.19. The van der Waals surface area contributed by atoms with Crippen molar-refractivity contribution in [2.75, 3.05) is 24.4 Å². The van der Waals surface area contributed by atoms with E-state index in [2.05, 4.69) is 25.3 Å². The fourth-order valence-corrected chi connectivity index (χ4v) is 2.50. The monoisotopic (exact) mass is 392 g/mol. The van der Waals surface area contributed by atoms with E-state index in [1.54, 1.807) is 18.2 Å². The van der Waals surface area contributed by atoms with Crippen LogP contribution in [0.5, 0.6) is 5.75 Å². The number of rotatable bonds is 7. The van der Waals surface area contributed by atoms with Crippen molar-refractivity contribution >= 4 is 29.1 Å². The molecule has 3 aromatic rings. The summed E-state index contributed by atoms with van der Waals surface area (Å²) >= 11 is 0. The fourth-order valence-electron chi connectivity index (χ4n) is 2.50. The molecule has 0 aliphatic rings. The van der Waals surface area contributed by atoms with Gasteiger partial charge >= 0.3 is 5.97 Å². The second kappa shape index (κ2) is 9.32. The van der Waals surface area contributed by atoms with Crippen LogP contribution < -0.4 is 15.4 Å². The zero-order valence-electron chi connectivity index (χ0n) is 16.0. The normalized spacial score (nSPS) is 10.1. The van der Waals surface area contributed by atoms with Crippen molar-refractivity contribution in [1.82, 2.24) is 9.97 Å². The number of methoxy groups -OCH3 is 1. The highest BCUT2D eigenvalue weighted by molar-refractivity contribution is 6.03. The van der Waals surface area contributed by atoms with Crippen LogP contribution in [0.4, 0.5) is 17.2 Å². The molecule has 8 heteroatoms. The largest absolute Gasteiger partial charge is 0.494 e. The van der Waals surface area contributed by atoms with Gasteiger partial charge in [-0.15, -0.1) is 0 Å². The molecular formula is C21H20N4O4. The number of esters is 1. The molecule has 1 aromatic heterocycles. The van der Waals surface area contributed by atoms with E-state index in [1.165, 1.54) is 25.6 Å². The summed E-state index contributed by atoms with van der Waals surface area (Å²) in [6.45, 7) is 2.53. The zero-order valence-corrected chi connectivity index (χ0v) is 16.0. The molecule has 0 bridgehead atoms. The maximum Gasteiger partial charge on any atom is 0.337 e. The van der Waals surface area contributed by atoms with Crippen LogP contribution in [0.1, 0.15) is 27.8 Å². The standard InChI is InChI=1S/C21H20N4O4/c1-3-29-17-9-7-15(8-10-17)24-19-13-22-18(12-23-19)20(26)25-16-6-4-5-14(11-16)21(27)28-2/h4-13H,3H2,1-2H3,(H,23,24)(H,25,26). The molecule has 1 amide bonds. The van der Waals surface area contributed by atoms with Crippen LogP contribution in [0.3, 0.4) is 0 Å². The molecule has 2 N–H and O–H groups in total. The average Bonchev–Trinajstić information content (AvgIpc) is 2.75. The Kier molecular flexibility index (Phi) is 6.36. The second-order valence-electron chi connectivity index (χ2n) is 5.90. The Morgan fingerprint density at radius 3 is 2.45 bits per heavy atom. The molecule has 0 aliphatic heterocycles. The number of hydrogen-bond acceptors (Lipinski definition) is 7. The van der Waals surface area contributed by atoms with Crippen molar-refractivity contribution in [1.29, 1.82) is 0 Å². The van der Waals surface area contributed by atoms with Gasteiger partial charge in [-0.3, -0.25) is 4.79 Å². The lowest BCUT2D eigenvalue weighted by Crippen LogP contribution is -2.14. The van der Waals surface area contributed by atoms with E-state index in [1.807, 2.05) is 31.2 Å². The number of anilines is 3. The van der Waals surface area contributed by atoms with E-state index in [-0.39, 0.29) is 5.69 Å². The first-order valence-corrected chi connectivity index (χ1v) is 8.90. The summed E-state index contributed by atoms with van der Waals surface area (Å²) in [6.07, 6.45) is 2.84. The first kappa shape index (κ1) is 19.8. The van der Waals surface area contributed by atoms with E-state index >= 15 is 0 Å². The summed E-state index contributed by atoms with van der Waals surface area (Å²) in [5, 5.41) is 5.78. The van der Waals surface area contributed by atoms with Crippen molar-refractivity contribution in [2.45, 2.75) is 6.92 Å².